The Morgan fingerprint density at radius 3 is 3.00 bits per heavy atom. The number of hydrogen-bond donors (Lipinski definition) is 1. The van der Waals surface area contributed by atoms with Gasteiger partial charge in [-0.3, -0.25) is 14.9 Å². The van der Waals surface area contributed by atoms with Gasteiger partial charge in [0, 0.05) is 28.0 Å². The molecule has 1 aliphatic rings. The van der Waals surface area contributed by atoms with Crippen molar-refractivity contribution >= 4 is 29.1 Å². The molecule has 0 saturated heterocycles. The Hall–Kier alpha value is -2.54. The first kappa shape index (κ1) is 15.4. The zero-order valence-corrected chi connectivity index (χ0v) is 13.1. The van der Waals surface area contributed by atoms with E-state index in [1.54, 1.807) is 23.5 Å². The molecule has 7 heteroatoms. The van der Waals surface area contributed by atoms with E-state index in [0.717, 1.165) is 24.8 Å². The summed E-state index contributed by atoms with van der Waals surface area (Å²) in [5.74, 6) is -0.230. The number of carbonyl (C=O) groups excluding carboxylic acids is 1. The van der Waals surface area contributed by atoms with Crippen molar-refractivity contribution in [3.05, 3.63) is 61.3 Å². The lowest BCUT2D eigenvalue weighted by Crippen LogP contribution is -2.19. The zero-order chi connectivity index (χ0) is 16.2. The van der Waals surface area contributed by atoms with E-state index in [9.17, 15) is 14.9 Å². The van der Waals surface area contributed by atoms with E-state index in [4.69, 9.17) is 0 Å². The second-order valence-electron chi connectivity index (χ2n) is 5.31. The maximum atomic E-state index is 12.2. The van der Waals surface area contributed by atoms with Crippen molar-refractivity contribution in [2.24, 2.45) is 5.10 Å². The van der Waals surface area contributed by atoms with Crippen LogP contribution in [0.15, 0.2) is 34.7 Å². The van der Waals surface area contributed by atoms with Crippen LogP contribution in [0.25, 0.3) is 0 Å². The smallest absolute Gasteiger partial charge is 0.267 e. The largest absolute Gasteiger partial charge is 0.272 e. The third-order valence-corrected chi connectivity index (χ3v) is 4.86. The molecule has 0 unspecified atom stereocenters. The van der Waals surface area contributed by atoms with Gasteiger partial charge in [-0.05, 0) is 31.2 Å². The Morgan fingerprint density at radius 1 is 1.35 bits per heavy atom. The molecule has 0 atom stereocenters. The van der Waals surface area contributed by atoms with Gasteiger partial charge in [0.25, 0.3) is 11.6 Å². The van der Waals surface area contributed by atoms with Crippen LogP contribution in [0.2, 0.25) is 0 Å². The van der Waals surface area contributed by atoms with E-state index in [0.29, 0.717) is 11.1 Å². The fourth-order valence-corrected chi connectivity index (χ4v) is 3.75. The predicted octanol–water partition coefficient (Wildman–Crippen LogP) is 3.30. The van der Waals surface area contributed by atoms with E-state index in [1.165, 1.54) is 29.6 Å². The standard InChI is InChI=1S/C16H15N3O3S/c20-16(14-10-23-15-7-2-1-6-13(14)15)18-17-9-11-4-3-5-12(8-11)19(21)22/h3-5,8-10H,1-2,6-7H2,(H,18,20)/b17-9+. The number of hydrazone groups is 1. The van der Waals surface area contributed by atoms with Crippen LogP contribution in [0.1, 0.15) is 39.2 Å². The SMILES string of the molecule is O=C(N/N=C/c1cccc([N+](=O)[O-])c1)c1csc2c1CCCC2. The summed E-state index contributed by atoms with van der Waals surface area (Å²) in [7, 11) is 0. The van der Waals surface area contributed by atoms with Crippen molar-refractivity contribution in [1.29, 1.82) is 0 Å². The van der Waals surface area contributed by atoms with Gasteiger partial charge in [-0.25, -0.2) is 5.43 Å². The van der Waals surface area contributed by atoms with Crippen LogP contribution in [-0.4, -0.2) is 17.0 Å². The first-order valence-electron chi connectivity index (χ1n) is 7.32. The molecule has 1 aromatic heterocycles. The fourth-order valence-electron chi connectivity index (χ4n) is 2.63. The fraction of sp³-hybridized carbons (Fsp3) is 0.250. The number of nitrogens with one attached hydrogen (secondary N) is 1. The monoisotopic (exact) mass is 329 g/mol. The van der Waals surface area contributed by atoms with Crippen molar-refractivity contribution < 1.29 is 9.72 Å². The van der Waals surface area contributed by atoms with Gasteiger partial charge >= 0.3 is 0 Å². The molecule has 1 N–H and O–H groups in total. The molecular formula is C16H15N3O3S. The van der Waals surface area contributed by atoms with E-state index >= 15 is 0 Å². The molecule has 0 saturated carbocycles. The molecule has 6 nitrogen and oxygen atoms in total. The van der Waals surface area contributed by atoms with Gasteiger partial charge in [-0.15, -0.1) is 11.3 Å². The van der Waals surface area contributed by atoms with Gasteiger partial charge < -0.3 is 0 Å². The van der Waals surface area contributed by atoms with Crippen LogP contribution < -0.4 is 5.43 Å². The molecule has 1 aliphatic carbocycles. The molecular weight excluding hydrogens is 314 g/mol. The predicted molar refractivity (Wildman–Crippen MR) is 89.1 cm³/mol. The van der Waals surface area contributed by atoms with Gasteiger partial charge in [0.15, 0.2) is 0 Å². The number of nitrogens with zero attached hydrogens (tertiary/aromatic N) is 2. The number of thiophene rings is 1. The molecule has 2 aromatic rings. The van der Waals surface area contributed by atoms with Crippen LogP contribution in [-0.2, 0) is 12.8 Å². The number of benzene rings is 1. The van der Waals surface area contributed by atoms with E-state index in [2.05, 4.69) is 10.5 Å². The third-order valence-electron chi connectivity index (χ3n) is 3.77. The van der Waals surface area contributed by atoms with Gasteiger partial charge in [0.05, 0.1) is 16.7 Å². The highest BCUT2D eigenvalue weighted by Crippen LogP contribution is 2.30. The highest BCUT2D eigenvalue weighted by atomic mass is 32.1. The summed E-state index contributed by atoms with van der Waals surface area (Å²) in [6.07, 6.45) is 5.69. The van der Waals surface area contributed by atoms with Crippen LogP contribution in [0.3, 0.4) is 0 Å². The summed E-state index contributed by atoms with van der Waals surface area (Å²) in [6, 6.07) is 6.08. The Kier molecular flexibility index (Phi) is 4.47. The molecule has 3 rings (SSSR count). The molecule has 0 fully saturated rings. The van der Waals surface area contributed by atoms with Crippen molar-refractivity contribution in [1.82, 2.24) is 5.43 Å². The summed E-state index contributed by atoms with van der Waals surface area (Å²) in [5.41, 5.74) is 4.89. The second kappa shape index (κ2) is 6.70. The normalized spacial score (nSPS) is 13.7. The maximum Gasteiger partial charge on any atom is 0.272 e. The molecule has 23 heavy (non-hydrogen) atoms. The average molecular weight is 329 g/mol. The van der Waals surface area contributed by atoms with Gasteiger partial charge in [0.1, 0.15) is 0 Å². The van der Waals surface area contributed by atoms with Gasteiger partial charge in [0.2, 0.25) is 0 Å². The van der Waals surface area contributed by atoms with Crippen LogP contribution in [0.4, 0.5) is 5.69 Å². The lowest BCUT2D eigenvalue weighted by Gasteiger charge is -2.11. The molecule has 1 aromatic carbocycles. The Bertz CT molecular complexity index is 783. The number of amides is 1. The molecule has 0 aliphatic heterocycles. The first-order valence-corrected chi connectivity index (χ1v) is 8.20. The van der Waals surface area contributed by atoms with Crippen LogP contribution in [0, 0.1) is 10.1 Å². The van der Waals surface area contributed by atoms with Crippen molar-refractivity contribution in [2.75, 3.05) is 0 Å². The number of carbonyl (C=O) groups is 1. The highest BCUT2D eigenvalue weighted by Gasteiger charge is 2.19. The summed E-state index contributed by atoms with van der Waals surface area (Å²) >= 11 is 1.63. The van der Waals surface area contributed by atoms with Crippen LogP contribution in [0.5, 0.6) is 0 Å². The minimum absolute atomic E-state index is 0.00724. The molecule has 0 bridgehead atoms. The average Bonchev–Trinajstić information content (AvgIpc) is 2.99. The third kappa shape index (κ3) is 3.45. The minimum Gasteiger partial charge on any atom is -0.267 e. The number of fused-ring (bicyclic) bond motifs is 1. The number of non-ortho nitro benzene ring substituents is 1. The summed E-state index contributed by atoms with van der Waals surface area (Å²) in [4.78, 5) is 23.8. The van der Waals surface area contributed by atoms with Crippen molar-refractivity contribution in [3.8, 4) is 0 Å². The molecule has 118 valence electrons. The van der Waals surface area contributed by atoms with Crippen LogP contribution >= 0.6 is 11.3 Å². The van der Waals surface area contributed by atoms with Crippen molar-refractivity contribution in [3.63, 3.8) is 0 Å². The molecule has 0 radical (unpaired) electrons. The van der Waals surface area contributed by atoms with Gasteiger partial charge in [-0.1, -0.05) is 12.1 Å². The summed E-state index contributed by atoms with van der Waals surface area (Å²) in [6.45, 7) is 0. The van der Waals surface area contributed by atoms with E-state index in [-0.39, 0.29) is 11.6 Å². The van der Waals surface area contributed by atoms with E-state index < -0.39 is 4.92 Å². The molecule has 1 amide bonds. The molecule has 0 spiro atoms. The Balaban J connectivity index is 1.68. The minimum atomic E-state index is -0.465. The summed E-state index contributed by atoms with van der Waals surface area (Å²) < 4.78 is 0. The quantitative estimate of drug-likeness (QED) is 0.530. The lowest BCUT2D eigenvalue weighted by molar-refractivity contribution is -0.384. The maximum absolute atomic E-state index is 12.2. The lowest BCUT2D eigenvalue weighted by atomic mass is 9.96. The zero-order valence-electron chi connectivity index (χ0n) is 12.3. The number of nitro groups is 1. The Labute approximate surface area is 137 Å². The molecule has 1 heterocycles. The topological polar surface area (TPSA) is 84.6 Å². The number of aryl methyl sites for hydroxylation is 1. The first-order chi connectivity index (χ1) is 11.1. The van der Waals surface area contributed by atoms with E-state index in [1.807, 2.05) is 5.38 Å². The highest BCUT2D eigenvalue weighted by molar-refractivity contribution is 7.10. The number of nitro benzene ring substituents is 1. The second-order valence-corrected chi connectivity index (χ2v) is 6.27. The summed E-state index contributed by atoms with van der Waals surface area (Å²) in [5, 5.41) is 16.5. The Morgan fingerprint density at radius 2 is 2.17 bits per heavy atom. The number of rotatable bonds is 4. The van der Waals surface area contributed by atoms with Crippen molar-refractivity contribution in [2.45, 2.75) is 25.7 Å². The number of hydrogen-bond acceptors (Lipinski definition) is 5. The van der Waals surface area contributed by atoms with Gasteiger partial charge in [-0.2, -0.15) is 5.10 Å².